The highest BCUT2D eigenvalue weighted by Gasteiger charge is 2.14. The van der Waals surface area contributed by atoms with Crippen LogP contribution in [-0.4, -0.2) is 22.5 Å². The average Bonchev–Trinajstić information content (AvgIpc) is 2.40. The lowest BCUT2D eigenvalue weighted by Gasteiger charge is -2.09. The number of pyridine rings is 2. The van der Waals surface area contributed by atoms with Gasteiger partial charge in [0.25, 0.3) is 0 Å². The Bertz CT molecular complexity index is 555. The van der Waals surface area contributed by atoms with Crippen LogP contribution in [0.5, 0.6) is 0 Å². The quantitative estimate of drug-likeness (QED) is 0.833. The number of hydrogen-bond acceptors (Lipinski definition) is 5. The fourth-order valence-electron chi connectivity index (χ4n) is 1.61. The van der Waals surface area contributed by atoms with Gasteiger partial charge in [0.05, 0.1) is 12.2 Å². The largest absolute Gasteiger partial charge is 0.462 e. The number of carbonyl (C=O) groups is 1. The third kappa shape index (κ3) is 2.45. The van der Waals surface area contributed by atoms with Crippen molar-refractivity contribution in [3.05, 3.63) is 42.4 Å². The zero-order valence-electron chi connectivity index (χ0n) is 9.96. The van der Waals surface area contributed by atoms with E-state index >= 15 is 0 Å². The monoisotopic (exact) mass is 243 g/mol. The van der Waals surface area contributed by atoms with Crippen LogP contribution in [0.2, 0.25) is 0 Å². The van der Waals surface area contributed by atoms with Crippen LogP contribution in [0.1, 0.15) is 17.3 Å². The van der Waals surface area contributed by atoms with E-state index in [2.05, 4.69) is 9.97 Å². The highest BCUT2D eigenvalue weighted by molar-refractivity contribution is 5.97. The van der Waals surface area contributed by atoms with Gasteiger partial charge in [-0.15, -0.1) is 0 Å². The Morgan fingerprint density at radius 1 is 1.39 bits per heavy atom. The van der Waals surface area contributed by atoms with Gasteiger partial charge in [0.2, 0.25) is 0 Å². The van der Waals surface area contributed by atoms with Crippen molar-refractivity contribution < 1.29 is 9.53 Å². The normalized spacial score (nSPS) is 10.1. The number of carbonyl (C=O) groups excluding carboxylic acids is 1. The SMILES string of the molecule is CCOC(=O)c1cc(N)ncc1-c1ccncc1. The van der Waals surface area contributed by atoms with E-state index in [-0.39, 0.29) is 5.82 Å². The Morgan fingerprint density at radius 2 is 2.11 bits per heavy atom. The van der Waals surface area contributed by atoms with Gasteiger partial charge in [0.1, 0.15) is 5.82 Å². The van der Waals surface area contributed by atoms with Gasteiger partial charge >= 0.3 is 5.97 Å². The van der Waals surface area contributed by atoms with Crippen LogP contribution in [0.15, 0.2) is 36.8 Å². The summed E-state index contributed by atoms with van der Waals surface area (Å²) in [5, 5.41) is 0. The van der Waals surface area contributed by atoms with E-state index < -0.39 is 5.97 Å². The van der Waals surface area contributed by atoms with Crippen LogP contribution >= 0.6 is 0 Å². The Morgan fingerprint density at radius 3 is 2.78 bits per heavy atom. The lowest BCUT2D eigenvalue weighted by atomic mass is 10.0. The van der Waals surface area contributed by atoms with Crippen LogP contribution in [0.4, 0.5) is 5.82 Å². The summed E-state index contributed by atoms with van der Waals surface area (Å²) in [6, 6.07) is 5.12. The molecule has 0 aliphatic rings. The molecule has 2 aromatic heterocycles. The van der Waals surface area contributed by atoms with Crippen molar-refractivity contribution in [3.63, 3.8) is 0 Å². The van der Waals surface area contributed by atoms with E-state index in [1.54, 1.807) is 37.6 Å². The Hall–Kier alpha value is -2.43. The Kier molecular flexibility index (Phi) is 3.52. The zero-order chi connectivity index (χ0) is 13.0. The number of esters is 1. The molecule has 0 fully saturated rings. The third-order valence-electron chi connectivity index (χ3n) is 2.41. The fourth-order valence-corrected chi connectivity index (χ4v) is 1.61. The first-order chi connectivity index (χ1) is 8.72. The molecular weight excluding hydrogens is 230 g/mol. The second kappa shape index (κ2) is 5.27. The predicted octanol–water partition coefficient (Wildman–Crippen LogP) is 1.90. The van der Waals surface area contributed by atoms with E-state index in [1.807, 2.05) is 0 Å². The highest BCUT2D eigenvalue weighted by Crippen LogP contribution is 2.24. The molecule has 0 aliphatic heterocycles. The van der Waals surface area contributed by atoms with E-state index in [0.717, 1.165) is 5.56 Å². The van der Waals surface area contributed by atoms with E-state index in [1.165, 1.54) is 6.07 Å². The molecule has 0 radical (unpaired) electrons. The van der Waals surface area contributed by atoms with Crippen molar-refractivity contribution >= 4 is 11.8 Å². The molecule has 0 amide bonds. The molecule has 92 valence electrons. The number of ether oxygens (including phenoxy) is 1. The molecular formula is C13H13N3O2. The van der Waals surface area contributed by atoms with Gasteiger partial charge in [-0.2, -0.15) is 0 Å². The number of rotatable bonds is 3. The van der Waals surface area contributed by atoms with Crippen LogP contribution < -0.4 is 5.73 Å². The molecule has 0 saturated heterocycles. The Balaban J connectivity index is 2.51. The van der Waals surface area contributed by atoms with Crippen molar-refractivity contribution in [2.24, 2.45) is 0 Å². The second-order valence-corrected chi connectivity index (χ2v) is 3.61. The van der Waals surface area contributed by atoms with Gasteiger partial charge in [-0.25, -0.2) is 9.78 Å². The van der Waals surface area contributed by atoms with Crippen molar-refractivity contribution in [1.82, 2.24) is 9.97 Å². The summed E-state index contributed by atoms with van der Waals surface area (Å²) < 4.78 is 5.01. The molecule has 0 spiro atoms. The predicted molar refractivity (Wildman–Crippen MR) is 67.8 cm³/mol. The summed E-state index contributed by atoms with van der Waals surface area (Å²) in [5.41, 5.74) is 7.55. The molecule has 18 heavy (non-hydrogen) atoms. The maximum Gasteiger partial charge on any atom is 0.338 e. The molecule has 5 nitrogen and oxygen atoms in total. The van der Waals surface area contributed by atoms with Crippen LogP contribution in [-0.2, 0) is 4.74 Å². The van der Waals surface area contributed by atoms with Crippen molar-refractivity contribution in [3.8, 4) is 11.1 Å². The van der Waals surface area contributed by atoms with E-state index in [0.29, 0.717) is 17.7 Å². The first-order valence-corrected chi connectivity index (χ1v) is 5.55. The lowest BCUT2D eigenvalue weighted by molar-refractivity contribution is 0.0527. The first kappa shape index (κ1) is 12.0. The number of nitrogen functional groups attached to an aromatic ring is 1. The molecule has 2 N–H and O–H groups in total. The number of anilines is 1. The minimum absolute atomic E-state index is 0.288. The van der Waals surface area contributed by atoms with Gasteiger partial charge in [-0.1, -0.05) is 0 Å². The maximum atomic E-state index is 11.9. The van der Waals surface area contributed by atoms with Crippen molar-refractivity contribution in [2.75, 3.05) is 12.3 Å². The van der Waals surface area contributed by atoms with E-state index in [4.69, 9.17) is 10.5 Å². The minimum atomic E-state index is -0.404. The van der Waals surface area contributed by atoms with Gasteiger partial charge in [-0.05, 0) is 30.7 Å². The first-order valence-electron chi connectivity index (χ1n) is 5.55. The second-order valence-electron chi connectivity index (χ2n) is 3.61. The average molecular weight is 243 g/mol. The van der Waals surface area contributed by atoms with Gasteiger partial charge in [0, 0.05) is 24.2 Å². The summed E-state index contributed by atoms with van der Waals surface area (Å²) in [7, 11) is 0. The number of nitrogens with zero attached hydrogens (tertiary/aromatic N) is 2. The summed E-state index contributed by atoms with van der Waals surface area (Å²) in [6.07, 6.45) is 4.87. The van der Waals surface area contributed by atoms with Gasteiger partial charge in [-0.3, -0.25) is 4.98 Å². The van der Waals surface area contributed by atoms with E-state index in [9.17, 15) is 4.79 Å². The summed E-state index contributed by atoms with van der Waals surface area (Å²) in [5.74, 6) is -0.116. The van der Waals surface area contributed by atoms with Crippen LogP contribution in [0.3, 0.4) is 0 Å². The molecule has 2 aromatic rings. The molecule has 0 saturated carbocycles. The smallest absolute Gasteiger partial charge is 0.338 e. The summed E-state index contributed by atoms with van der Waals surface area (Å²) >= 11 is 0. The number of nitrogens with two attached hydrogens (primary N) is 1. The van der Waals surface area contributed by atoms with Gasteiger partial charge < -0.3 is 10.5 Å². The molecule has 0 atom stereocenters. The van der Waals surface area contributed by atoms with Crippen LogP contribution in [0.25, 0.3) is 11.1 Å². The maximum absolute atomic E-state index is 11.9. The van der Waals surface area contributed by atoms with Gasteiger partial charge in [0.15, 0.2) is 0 Å². The highest BCUT2D eigenvalue weighted by atomic mass is 16.5. The van der Waals surface area contributed by atoms with Crippen molar-refractivity contribution in [1.29, 1.82) is 0 Å². The standard InChI is InChI=1S/C13H13N3O2/c1-2-18-13(17)10-7-12(14)16-8-11(10)9-3-5-15-6-4-9/h3-8H,2H2,1H3,(H2,14,16). The molecule has 2 rings (SSSR count). The van der Waals surface area contributed by atoms with Crippen molar-refractivity contribution in [2.45, 2.75) is 6.92 Å². The summed E-state index contributed by atoms with van der Waals surface area (Å²) in [6.45, 7) is 2.07. The number of aromatic nitrogens is 2. The summed E-state index contributed by atoms with van der Waals surface area (Å²) in [4.78, 5) is 19.8. The molecule has 5 heteroatoms. The minimum Gasteiger partial charge on any atom is -0.462 e. The molecule has 0 unspecified atom stereocenters. The fraction of sp³-hybridized carbons (Fsp3) is 0.154. The topological polar surface area (TPSA) is 78.1 Å². The number of hydrogen-bond donors (Lipinski definition) is 1. The molecule has 0 aromatic carbocycles. The van der Waals surface area contributed by atoms with Crippen LogP contribution in [0, 0.1) is 0 Å². The lowest BCUT2D eigenvalue weighted by Crippen LogP contribution is -2.08. The molecule has 0 aliphatic carbocycles. The zero-order valence-corrected chi connectivity index (χ0v) is 9.96. The molecule has 0 bridgehead atoms. The Labute approximate surface area is 105 Å². The molecule has 2 heterocycles. The third-order valence-corrected chi connectivity index (χ3v) is 2.41.